The number of hydrogen-bond donors (Lipinski definition) is 1. The summed E-state index contributed by atoms with van der Waals surface area (Å²) in [4.78, 5) is 25.6. The Morgan fingerprint density at radius 3 is 2.74 bits per heavy atom. The molecule has 2 aromatic heterocycles. The summed E-state index contributed by atoms with van der Waals surface area (Å²) < 4.78 is 35.7. The molecule has 0 aliphatic carbocycles. The molecule has 2 aliphatic heterocycles. The smallest absolute Gasteiger partial charge is 0.341 e. The quantitative estimate of drug-likeness (QED) is 0.662. The Hall–Kier alpha value is -3.16. The number of furan rings is 1. The second-order valence-electron chi connectivity index (χ2n) is 8.76. The summed E-state index contributed by atoms with van der Waals surface area (Å²) in [6.07, 6.45) is 1.78. The van der Waals surface area contributed by atoms with Crippen LogP contribution in [0.25, 0.3) is 22.4 Å². The molecule has 0 bridgehead atoms. The summed E-state index contributed by atoms with van der Waals surface area (Å²) in [6, 6.07) is 6.76. The highest BCUT2D eigenvalue weighted by Gasteiger charge is 2.40. The number of rotatable bonds is 3. The second kappa shape index (κ2) is 6.67. The SMILES string of the molecule is CC(C)C1Cc2c(oc3c(N4CCC(F)(F)C4)cccc23)-c2cc(=O)c(C(=O)O)cn21. The predicted octanol–water partition coefficient (Wildman–Crippen LogP) is 4.56. The number of para-hydroxylation sites is 1. The molecule has 1 atom stereocenters. The molecule has 1 saturated heterocycles. The van der Waals surface area contributed by atoms with Crippen LogP contribution in [0.4, 0.5) is 14.5 Å². The molecule has 5 rings (SSSR count). The van der Waals surface area contributed by atoms with Gasteiger partial charge in [-0.25, -0.2) is 13.6 Å². The van der Waals surface area contributed by atoms with Gasteiger partial charge >= 0.3 is 5.97 Å². The molecule has 0 amide bonds. The number of halogens is 2. The maximum atomic E-state index is 13.8. The molecule has 6 nitrogen and oxygen atoms in total. The Morgan fingerprint density at radius 1 is 1.32 bits per heavy atom. The minimum Gasteiger partial charge on any atom is -0.477 e. The zero-order valence-electron chi connectivity index (χ0n) is 17.2. The van der Waals surface area contributed by atoms with Crippen LogP contribution in [0.15, 0.2) is 39.7 Å². The summed E-state index contributed by atoms with van der Waals surface area (Å²) in [7, 11) is 0. The van der Waals surface area contributed by atoms with Crippen LogP contribution in [-0.2, 0) is 6.42 Å². The molecule has 162 valence electrons. The van der Waals surface area contributed by atoms with E-state index in [1.54, 1.807) is 11.0 Å². The van der Waals surface area contributed by atoms with Crippen LogP contribution in [0.1, 0.15) is 42.2 Å². The number of carbonyl (C=O) groups is 1. The zero-order chi connectivity index (χ0) is 22.1. The molecular weight excluding hydrogens is 406 g/mol. The van der Waals surface area contributed by atoms with Gasteiger partial charge < -0.3 is 19.0 Å². The first-order chi connectivity index (χ1) is 14.7. The van der Waals surface area contributed by atoms with Crippen molar-refractivity contribution < 1.29 is 23.1 Å². The molecule has 0 saturated carbocycles. The van der Waals surface area contributed by atoms with E-state index in [0.717, 1.165) is 10.9 Å². The van der Waals surface area contributed by atoms with Crippen molar-refractivity contribution in [2.45, 2.75) is 38.7 Å². The third-order valence-corrected chi connectivity index (χ3v) is 6.39. The average Bonchev–Trinajstić information content (AvgIpc) is 3.26. The number of fused-ring (bicyclic) bond motifs is 5. The van der Waals surface area contributed by atoms with Crippen molar-refractivity contribution in [1.82, 2.24) is 4.57 Å². The Bertz CT molecular complexity index is 1270. The van der Waals surface area contributed by atoms with E-state index in [1.165, 1.54) is 12.3 Å². The molecule has 1 N–H and O–H groups in total. The average molecular weight is 428 g/mol. The van der Waals surface area contributed by atoms with Crippen LogP contribution in [0.5, 0.6) is 0 Å². The van der Waals surface area contributed by atoms with E-state index < -0.39 is 17.3 Å². The van der Waals surface area contributed by atoms with Gasteiger partial charge in [0.15, 0.2) is 16.8 Å². The number of anilines is 1. The van der Waals surface area contributed by atoms with Gasteiger partial charge in [-0.2, -0.15) is 0 Å². The van der Waals surface area contributed by atoms with E-state index in [9.17, 15) is 23.5 Å². The van der Waals surface area contributed by atoms with E-state index in [0.29, 0.717) is 29.1 Å². The predicted molar refractivity (Wildman–Crippen MR) is 112 cm³/mol. The minimum atomic E-state index is -2.73. The Balaban J connectivity index is 1.73. The van der Waals surface area contributed by atoms with Crippen molar-refractivity contribution in [3.05, 3.63) is 51.8 Å². The highest BCUT2D eigenvalue weighted by molar-refractivity contribution is 5.96. The minimum absolute atomic E-state index is 0.0678. The van der Waals surface area contributed by atoms with Crippen LogP contribution >= 0.6 is 0 Å². The summed E-state index contributed by atoms with van der Waals surface area (Å²) in [6.45, 7) is 3.96. The summed E-state index contributed by atoms with van der Waals surface area (Å²) in [5.41, 5.74) is 1.70. The number of carboxylic acid groups (broad SMARTS) is 1. The number of aromatic carboxylic acids is 1. The van der Waals surface area contributed by atoms with Gasteiger partial charge in [0.05, 0.1) is 17.9 Å². The maximum Gasteiger partial charge on any atom is 0.341 e. The number of benzene rings is 1. The van der Waals surface area contributed by atoms with Gasteiger partial charge in [-0.15, -0.1) is 0 Å². The van der Waals surface area contributed by atoms with E-state index in [-0.39, 0.29) is 37.0 Å². The van der Waals surface area contributed by atoms with Gasteiger partial charge in [0.1, 0.15) is 5.56 Å². The molecule has 31 heavy (non-hydrogen) atoms. The summed E-state index contributed by atoms with van der Waals surface area (Å²) >= 11 is 0. The number of alkyl halides is 2. The van der Waals surface area contributed by atoms with Crippen LogP contribution in [0.3, 0.4) is 0 Å². The van der Waals surface area contributed by atoms with Crippen LogP contribution in [0.2, 0.25) is 0 Å². The lowest BCUT2D eigenvalue weighted by Crippen LogP contribution is -2.27. The first-order valence-electron chi connectivity index (χ1n) is 10.3. The van der Waals surface area contributed by atoms with E-state index >= 15 is 0 Å². The van der Waals surface area contributed by atoms with Crippen LogP contribution in [-0.4, -0.2) is 34.7 Å². The van der Waals surface area contributed by atoms with Gasteiger partial charge in [0.25, 0.3) is 5.92 Å². The van der Waals surface area contributed by atoms with E-state index in [4.69, 9.17) is 4.42 Å². The molecule has 1 unspecified atom stereocenters. The number of pyridine rings is 1. The first-order valence-corrected chi connectivity index (χ1v) is 10.3. The lowest BCUT2D eigenvalue weighted by Gasteiger charge is -2.31. The molecule has 0 radical (unpaired) electrons. The van der Waals surface area contributed by atoms with Gasteiger partial charge in [-0.05, 0) is 18.4 Å². The molecule has 1 fully saturated rings. The van der Waals surface area contributed by atoms with Crippen molar-refractivity contribution in [2.75, 3.05) is 18.0 Å². The molecule has 0 spiro atoms. The highest BCUT2D eigenvalue weighted by Crippen LogP contribution is 2.45. The third kappa shape index (κ3) is 3.04. The van der Waals surface area contributed by atoms with Crippen molar-refractivity contribution in [1.29, 1.82) is 0 Å². The fourth-order valence-corrected chi connectivity index (χ4v) is 4.79. The fraction of sp³-hybridized carbons (Fsp3) is 0.391. The van der Waals surface area contributed by atoms with Gasteiger partial charge in [0, 0.05) is 42.2 Å². The summed E-state index contributed by atoms with van der Waals surface area (Å²) in [5.74, 6) is -3.33. The lowest BCUT2D eigenvalue weighted by molar-refractivity contribution is 0.0257. The van der Waals surface area contributed by atoms with Crippen molar-refractivity contribution >= 4 is 22.6 Å². The van der Waals surface area contributed by atoms with Crippen LogP contribution in [0, 0.1) is 5.92 Å². The standard InChI is InChI=1S/C23H22F2N2O4/c1-12(2)17-8-14-13-4-3-5-16(26-7-6-23(24,25)11-26)20(13)31-21(14)18-9-19(28)15(22(29)30)10-27(17)18/h3-5,9-10,12,17H,6-8,11H2,1-2H3,(H,29,30). The topological polar surface area (TPSA) is 75.7 Å². The van der Waals surface area contributed by atoms with E-state index in [2.05, 4.69) is 0 Å². The maximum absolute atomic E-state index is 13.8. The number of nitrogens with zero attached hydrogens (tertiary/aromatic N) is 2. The number of aromatic nitrogens is 1. The third-order valence-electron chi connectivity index (χ3n) is 6.39. The molecule has 4 heterocycles. The molecule has 3 aromatic rings. The number of carboxylic acids is 1. The molecular formula is C23H22F2N2O4. The number of hydrogen-bond acceptors (Lipinski definition) is 4. The van der Waals surface area contributed by atoms with Crippen LogP contribution < -0.4 is 10.3 Å². The van der Waals surface area contributed by atoms with Crippen molar-refractivity contribution in [3.63, 3.8) is 0 Å². The monoisotopic (exact) mass is 428 g/mol. The second-order valence-corrected chi connectivity index (χ2v) is 8.76. The Kier molecular flexibility index (Phi) is 4.26. The summed E-state index contributed by atoms with van der Waals surface area (Å²) in [5, 5.41) is 10.2. The fourth-order valence-electron chi connectivity index (χ4n) is 4.79. The van der Waals surface area contributed by atoms with Crippen molar-refractivity contribution in [3.8, 4) is 11.5 Å². The molecule has 1 aromatic carbocycles. The Morgan fingerprint density at radius 2 is 2.10 bits per heavy atom. The van der Waals surface area contributed by atoms with Crippen molar-refractivity contribution in [2.24, 2.45) is 5.92 Å². The van der Waals surface area contributed by atoms with Gasteiger partial charge in [-0.3, -0.25) is 4.79 Å². The largest absolute Gasteiger partial charge is 0.477 e. The molecule has 8 heteroatoms. The van der Waals surface area contributed by atoms with Gasteiger partial charge in [0.2, 0.25) is 0 Å². The van der Waals surface area contributed by atoms with Gasteiger partial charge in [-0.1, -0.05) is 26.0 Å². The lowest BCUT2D eigenvalue weighted by atomic mass is 9.89. The first kappa shape index (κ1) is 19.8. The zero-order valence-corrected chi connectivity index (χ0v) is 17.2. The normalized spacial score (nSPS) is 19.6. The Labute approximate surface area is 176 Å². The highest BCUT2D eigenvalue weighted by atomic mass is 19.3. The van der Waals surface area contributed by atoms with E-state index in [1.807, 2.05) is 30.5 Å². The molecule has 2 aliphatic rings.